The van der Waals surface area contributed by atoms with Crippen LogP contribution >= 0.6 is 0 Å². The minimum Gasteiger partial charge on any atom is -0.327 e. The van der Waals surface area contributed by atoms with Crippen LogP contribution in [0.1, 0.15) is 44.2 Å². The van der Waals surface area contributed by atoms with Crippen LogP contribution in [0.5, 0.6) is 0 Å². The van der Waals surface area contributed by atoms with Crippen molar-refractivity contribution >= 4 is 0 Å². The lowest BCUT2D eigenvalue weighted by Gasteiger charge is -2.19. The molecule has 1 aromatic carbocycles. The molecule has 0 heterocycles. The van der Waals surface area contributed by atoms with Crippen LogP contribution < -0.4 is 5.73 Å². The Morgan fingerprint density at radius 2 is 2.19 bits per heavy atom. The lowest BCUT2D eigenvalue weighted by atomic mass is 9.91. The third-order valence-corrected chi connectivity index (χ3v) is 4.66. The van der Waals surface area contributed by atoms with Gasteiger partial charge in [0.2, 0.25) is 0 Å². The van der Waals surface area contributed by atoms with E-state index >= 15 is 0 Å². The SMILES string of the molecule is C=C1C[C@H](C(N)Cc2cccc(C)c2)CC1CC=C(C)C. The van der Waals surface area contributed by atoms with E-state index in [1.807, 2.05) is 0 Å². The quantitative estimate of drug-likeness (QED) is 0.771. The lowest BCUT2D eigenvalue weighted by Crippen LogP contribution is -2.31. The second kappa shape index (κ2) is 7.09. The molecular weight excluding hydrogens is 254 g/mol. The van der Waals surface area contributed by atoms with E-state index in [-0.39, 0.29) is 6.04 Å². The van der Waals surface area contributed by atoms with Gasteiger partial charge in [-0.1, -0.05) is 53.6 Å². The maximum atomic E-state index is 6.48. The number of allylic oxidation sites excluding steroid dienone is 3. The monoisotopic (exact) mass is 283 g/mol. The Hall–Kier alpha value is -1.34. The predicted molar refractivity (Wildman–Crippen MR) is 92.3 cm³/mol. The van der Waals surface area contributed by atoms with Gasteiger partial charge in [0, 0.05) is 6.04 Å². The molecule has 1 heteroatoms. The molecule has 1 fully saturated rings. The molecule has 0 saturated heterocycles. The molecular formula is C20H29N. The molecule has 0 bridgehead atoms. The average molecular weight is 283 g/mol. The zero-order valence-electron chi connectivity index (χ0n) is 13.7. The molecule has 2 rings (SSSR count). The number of rotatable bonds is 5. The van der Waals surface area contributed by atoms with Crippen LogP contribution in [0.25, 0.3) is 0 Å². The third kappa shape index (κ3) is 4.57. The highest BCUT2D eigenvalue weighted by molar-refractivity contribution is 5.23. The molecule has 114 valence electrons. The van der Waals surface area contributed by atoms with E-state index in [0.717, 1.165) is 19.3 Å². The number of nitrogens with two attached hydrogens (primary N) is 1. The summed E-state index contributed by atoms with van der Waals surface area (Å²) in [6.45, 7) is 10.8. The van der Waals surface area contributed by atoms with Crippen LogP contribution in [0.2, 0.25) is 0 Å². The largest absolute Gasteiger partial charge is 0.327 e. The second-order valence-electron chi connectivity index (χ2n) is 6.93. The van der Waals surface area contributed by atoms with Crippen LogP contribution in [-0.2, 0) is 6.42 Å². The molecule has 1 aliphatic rings. The number of benzene rings is 1. The van der Waals surface area contributed by atoms with Gasteiger partial charge in [0.05, 0.1) is 0 Å². The van der Waals surface area contributed by atoms with Gasteiger partial charge in [-0.3, -0.25) is 0 Å². The maximum absolute atomic E-state index is 6.48. The second-order valence-corrected chi connectivity index (χ2v) is 6.93. The Morgan fingerprint density at radius 3 is 2.86 bits per heavy atom. The number of aryl methyl sites for hydroxylation is 1. The van der Waals surface area contributed by atoms with Crippen LogP contribution in [0.3, 0.4) is 0 Å². The zero-order chi connectivity index (χ0) is 15.4. The van der Waals surface area contributed by atoms with Crippen LogP contribution in [0, 0.1) is 18.8 Å². The summed E-state index contributed by atoms with van der Waals surface area (Å²) in [4.78, 5) is 0. The minimum absolute atomic E-state index is 0.250. The topological polar surface area (TPSA) is 26.0 Å². The van der Waals surface area contributed by atoms with Gasteiger partial charge >= 0.3 is 0 Å². The van der Waals surface area contributed by atoms with E-state index in [4.69, 9.17) is 5.73 Å². The van der Waals surface area contributed by atoms with E-state index in [2.05, 4.69) is 57.7 Å². The molecule has 21 heavy (non-hydrogen) atoms. The van der Waals surface area contributed by atoms with Crippen molar-refractivity contribution in [2.45, 2.75) is 52.5 Å². The highest BCUT2D eigenvalue weighted by Crippen LogP contribution is 2.39. The lowest BCUT2D eigenvalue weighted by molar-refractivity contribution is 0.409. The molecule has 0 aliphatic heterocycles. The van der Waals surface area contributed by atoms with Crippen LogP contribution in [0.15, 0.2) is 48.1 Å². The van der Waals surface area contributed by atoms with Gasteiger partial charge in [0.25, 0.3) is 0 Å². The number of hydrogen-bond donors (Lipinski definition) is 1. The summed E-state index contributed by atoms with van der Waals surface area (Å²) in [6.07, 6.45) is 6.76. The standard InChI is InChI=1S/C20H29N/c1-14(2)8-9-18-13-19(11-16(18)4)20(21)12-17-7-5-6-15(3)10-17/h5-8,10,18-20H,4,9,11-13,21H2,1-3H3/t18?,19-,20?/m0/s1. The van der Waals surface area contributed by atoms with E-state index in [0.29, 0.717) is 11.8 Å². The first-order valence-corrected chi connectivity index (χ1v) is 8.08. The molecule has 0 amide bonds. The summed E-state index contributed by atoms with van der Waals surface area (Å²) in [5.41, 5.74) is 12.0. The van der Waals surface area contributed by atoms with Crippen molar-refractivity contribution in [3.8, 4) is 0 Å². The van der Waals surface area contributed by atoms with Crippen molar-refractivity contribution in [1.29, 1.82) is 0 Å². The Bertz CT molecular complexity index is 522. The Labute approximate surface area is 129 Å². The van der Waals surface area contributed by atoms with Crippen molar-refractivity contribution < 1.29 is 0 Å². The summed E-state index contributed by atoms with van der Waals surface area (Å²) >= 11 is 0. The smallest absolute Gasteiger partial charge is 0.0111 e. The normalized spacial score (nSPS) is 23.1. The highest BCUT2D eigenvalue weighted by Gasteiger charge is 2.31. The third-order valence-electron chi connectivity index (χ3n) is 4.66. The first kappa shape index (κ1) is 16.0. The molecule has 0 radical (unpaired) electrons. The first-order valence-electron chi connectivity index (χ1n) is 8.08. The van der Waals surface area contributed by atoms with Crippen LogP contribution in [-0.4, -0.2) is 6.04 Å². The molecule has 1 aliphatic carbocycles. The van der Waals surface area contributed by atoms with Crippen molar-refractivity contribution in [2.75, 3.05) is 0 Å². The van der Waals surface area contributed by atoms with Crippen molar-refractivity contribution in [2.24, 2.45) is 17.6 Å². The summed E-state index contributed by atoms with van der Waals surface area (Å²) in [5, 5.41) is 0. The number of hydrogen-bond acceptors (Lipinski definition) is 1. The molecule has 3 atom stereocenters. The molecule has 2 unspecified atom stereocenters. The van der Waals surface area contributed by atoms with Crippen molar-refractivity contribution in [1.82, 2.24) is 0 Å². The summed E-state index contributed by atoms with van der Waals surface area (Å²) < 4.78 is 0. The zero-order valence-corrected chi connectivity index (χ0v) is 13.7. The molecule has 1 nitrogen and oxygen atoms in total. The van der Waals surface area contributed by atoms with Gasteiger partial charge in [-0.25, -0.2) is 0 Å². The van der Waals surface area contributed by atoms with Gasteiger partial charge in [0.1, 0.15) is 0 Å². The first-order chi connectivity index (χ1) is 9.95. The van der Waals surface area contributed by atoms with Gasteiger partial charge in [0.15, 0.2) is 0 Å². The summed E-state index contributed by atoms with van der Waals surface area (Å²) in [6, 6.07) is 8.96. The fourth-order valence-corrected chi connectivity index (χ4v) is 3.36. The Kier molecular flexibility index (Phi) is 5.41. The van der Waals surface area contributed by atoms with Gasteiger partial charge in [-0.05, 0) is 63.9 Å². The Balaban J connectivity index is 1.93. The van der Waals surface area contributed by atoms with Crippen molar-refractivity contribution in [3.05, 3.63) is 59.2 Å². The summed E-state index contributed by atoms with van der Waals surface area (Å²) in [5.74, 6) is 1.22. The summed E-state index contributed by atoms with van der Waals surface area (Å²) in [7, 11) is 0. The average Bonchev–Trinajstić information content (AvgIpc) is 2.78. The highest BCUT2D eigenvalue weighted by atomic mass is 14.7. The fourth-order valence-electron chi connectivity index (χ4n) is 3.36. The van der Waals surface area contributed by atoms with E-state index in [1.54, 1.807) is 0 Å². The fraction of sp³-hybridized carbons (Fsp3) is 0.500. The van der Waals surface area contributed by atoms with Gasteiger partial charge < -0.3 is 5.73 Å². The van der Waals surface area contributed by atoms with Crippen molar-refractivity contribution in [3.63, 3.8) is 0 Å². The molecule has 0 aromatic heterocycles. The van der Waals surface area contributed by atoms with Gasteiger partial charge in [-0.2, -0.15) is 0 Å². The Morgan fingerprint density at radius 1 is 1.43 bits per heavy atom. The molecule has 1 aromatic rings. The molecule has 2 N–H and O–H groups in total. The molecule has 0 spiro atoms. The van der Waals surface area contributed by atoms with Gasteiger partial charge in [-0.15, -0.1) is 0 Å². The minimum atomic E-state index is 0.250. The maximum Gasteiger partial charge on any atom is 0.0111 e. The predicted octanol–water partition coefficient (Wildman–Crippen LogP) is 4.80. The van der Waals surface area contributed by atoms with Crippen LogP contribution in [0.4, 0.5) is 0 Å². The van der Waals surface area contributed by atoms with E-state index < -0.39 is 0 Å². The molecule has 1 saturated carbocycles. The van der Waals surface area contributed by atoms with E-state index in [9.17, 15) is 0 Å². The van der Waals surface area contributed by atoms with E-state index in [1.165, 1.54) is 28.7 Å².